The molecule has 0 heterocycles. The maximum atomic E-state index is 11.5. The maximum absolute atomic E-state index is 11.5. The molecule has 0 aromatic rings. The zero-order valence-corrected chi connectivity index (χ0v) is 24.1. The molecule has 20 heteroatoms. The summed E-state index contributed by atoms with van der Waals surface area (Å²) in [5, 5.41) is 12.5. The molecule has 3 unspecified atom stereocenters. The van der Waals surface area contributed by atoms with Gasteiger partial charge in [0.05, 0.1) is 0 Å². The monoisotopic (exact) mass is 562 g/mol. The Bertz CT molecular complexity index is 687. The summed E-state index contributed by atoms with van der Waals surface area (Å²) in [6, 6.07) is 0. The Morgan fingerprint density at radius 2 is 1.03 bits per heavy atom. The van der Waals surface area contributed by atoms with Gasteiger partial charge in [0.15, 0.2) is 7.60 Å². The van der Waals surface area contributed by atoms with Crippen molar-refractivity contribution in [2.75, 3.05) is 19.3 Å². The fourth-order valence-electron chi connectivity index (χ4n) is 1.91. The van der Waals surface area contributed by atoms with Crippen LogP contribution in [0.4, 0.5) is 0 Å². The molecule has 0 aliphatic heterocycles. The molecule has 0 amide bonds. The second-order valence-corrected chi connectivity index (χ2v) is 14.9. The molecule has 0 aromatic heterocycles. The van der Waals surface area contributed by atoms with Crippen LogP contribution in [-0.2, 0) is 18.3 Å². The van der Waals surface area contributed by atoms with Crippen molar-refractivity contribution in [1.29, 1.82) is 0 Å². The molecular weight excluding hydrogens is 527 g/mol. The van der Waals surface area contributed by atoms with Crippen molar-refractivity contribution in [3.63, 3.8) is 0 Å². The summed E-state index contributed by atoms with van der Waals surface area (Å²) in [6.07, 6.45) is -1.79. The largest absolute Gasteiger partial charge is 1.00 e. The third-order valence-corrected chi connectivity index (χ3v) is 12.7. The standard InChI is InChI=1S/C6H17NO6P2.C4H13NO7P2.C2H6.Na/c1-2-14(9,10)6(8,4-3-5-7)15(11,12)13;5-3-1-2-4(6,13(7,8)9)14(10,11)12;1-2;/h8H,2-5,7H2,1H3,(H,9,10)(H2,11,12,13);6H,1-3,5H2,(H2,7,8,9)(H2,10,11,12);1-2H3;/q;;;+1/p-1. The Kier molecular flexibility index (Phi) is 20.7. The first kappa shape index (κ1) is 40.6. The second-order valence-electron chi connectivity index (χ2n) is 5.96. The summed E-state index contributed by atoms with van der Waals surface area (Å²) in [6.45, 7) is 5.29. The van der Waals surface area contributed by atoms with E-state index in [0.29, 0.717) is 0 Å². The molecule has 0 spiro atoms. The van der Waals surface area contributed by atoms with Crippen LogP contribution in [-0.4, -0.2) is 69.0 Å². The van der Waals surface area contributed by atoms with E-state index in [0.717, 1.165) is 0 Å². The second kappa shape index (κ2) is 16.3. The minimum absolute atomic E-state index is 0. The van der Waals surface area contributed by atoms with Gasteiger partial charge in [-0.25, -0.2) is 0 Å². The molecule has 12 N–H and O–H groups in total. The third-order valence-electron chi connectivity index (χ3n) is 3.81. The van der Waals surface area contributed by atoms with E-state index in [4.69, 9.17) is 35.9 Å². The van der Waals surface area contributed by atoms with Crippen LogP contribution in [0.25, 0.3) is 0 Å². The molecule has 0 fully saturated rings. The summed E-state index contributed by atoms with van der Waals surface area (Å²) in [5.41, 5.74) is 10.1. The smallest absolute Gasteiger partial charge is 0.776 e. The maximum Gasteiger partial charge on any atom is 1.00 e. The van der Waals surface area contributed by atoms with Crippen LogP contribution in [0.5, 0.6) is 0 Å². The first-order valence-electron chi connectivity index (χ1n) is 9.00. The molecule has 0 radical (unpaired) electrons. The quantitative estimate of drug-likeness (QED) is 0.0846. The van der Waals surface area contributed by atoms with Crippen molar-refractivity contribution in [2.24, 2.45) is 11.5 Å². The third kappa shape index (κ3) is 11.5. The number of rotatable bonds is 11. The van der Waals surface area contributed by atoms with E-state index in [1.165, 1.54) is 6.92 Å². The SMILES string of the molecule is CC.CCP(=O)(O)C(O)(CCCN)P(=O)(O)O.NCCC[C@](O)(P(=O)([O-])O)P(=O)(O)O.[Na+]. The van der Waals surface area contributed by atoms with Gasteiger partial charge in [0.2, 0.25) is 17.5 Å². The van der Waals surface area contributed by atoms with Crippen LogP contribution < -0.4 is 45.9 Å². The molecule has 0 saturated heterocycles. The average molecular weight is 562 g/mol. The van der Waals surface area contributed by atoms with E-state index in [-0.39, 0.29) is 55.5 Å². The number of hydrogen-bond acceptors (Lipinski definition) is 9. The average Bonchev–Trinajstić information content (AvgIpc) is 2.63. The number of aliphatic hydroxyl groups is 2. The van der Waals surface area contributed by atoms with Crippen LogP contribution in [0.1, 0.15) is 46.5 Å². The molecule has 0 aliphatic carbocycles. The van der Waals surface area contributed by atoms with Crippen LogP contribution in [0, 0.1) is 0 Å². The molecule has 15 nitrogen and oxygen atoms in total. The summed E-state index contributed by atoms with van der Waals surface area (Å²) in [7, 11) is -20.3. The molecule has 0 aromatic carbocycles. The van der Waals surface area contributed by atoms with Crippen LogP contribution in [0.3, 0.4) is 0 Å². The van der Waals surface area contributed by atoms with Crippen molar-refractivity contribution in [2.45, 2.75) is 56.6 Å². The van der Waals surface area contributed by atoms with Crippen molar-refractivity contribution >= 4 is 30.2 Å². The molecule has 192 valence electrons. The van der Waals surface area contributed by atoms with E-state index in [2.05, 4.69) is 0 Å². The van der Waals surface area contributed by atoms with Gasteiger partial charge in [0, 0.05) is 6.16 Å². The van der Waals surface area contributed by atoms with Crippen LogP contribution >= 0.6 is 30.2 Å². The minimum atomic E-state index is -5.55. The van der Waals surface area contributed by atoms with Gasteiger partial charge in [0.1, 0.15) is 0 Å². The van der Waals surface area contributed by atoms with Crippen molar-refractivity contribution in [3.05, 3.63) is 0 Å². The van der Waals surface area contributed by atoms with Gasteiger partial charge in [-0.05, 0) is 38.8 Å². The van der Waals surface area contributed by atoms with Gasteiger partial charge in [-0.3, -0.25) is 13.7 Å². The van der Waals surface area contributed by atoms with E-state index in [1.807, 2.05) is 13.8 Å². The summed E-state index contributed by atoms with van der Waals surface area (Å²) >= 11 is 0. The van der Waals surface area contributed by atoms with E-state index < -0.39 is 59.3 Å². The molecule has 0 aliphatic rings. The van der Waals surface area contributed by atoms with Crippen molar-refractivity contribution in [3.8, 4) is 0 Å². The predicted octanol–water partition coefficient (Wildman–Crippen LogP) is -4.04. The Morgan fingerprint density at radius 3 is 1.22 bits per heavy atom. The fraction of sp³-hybridized carbons (Fsp3) is 1.00. The molecule has 32 heavy (non-hydrogen) atoms. The van der Waals surface area contributed by atoms with Crippen molar-refractivity contribution < 1.29 is 92.3 Å². The molecule has 0 rings (SSSR count). The summed E-state index contributed by atoms with van der Waals surface area (Å²) < 4.78 is 43.8. The van der Waals surface area contributed by atoms with Crippen LogP contribution in [0.15, 0.2) is 0 Å². The van der Waals surface area contributed by atoms with Crippen molar-refractivity contribution in [1.82, 2.24) is 0 Å². The first-order chi connectivity index (χ1) is 13.7. The van der Waals surface area contributed by atoms with Gasteiger partial charge in [0.25, 0.3) is 0 Å². The zero-order chi connectivity index (χ0) is 25.9. The van der Waals surface area contributed by atoms with Gasteiger partial charge < -0.3 is 60.5 Å². The van der Waals surface area contributed by atoms with Gasteiger partial charge in [-0.15, -0.1) is 0 Å². The Morgan fingerprint density at radius 1 is 0.750 bits per heavy atom. The topological polar surface area (TPSA) is 305 Å². The minimum Gasteiger partial charge on any atom is -0.776 e. The van der Waals surface area contributed by atoms with E-state index in [1.54, 1.807) is 0 Å². The fourth-order valence-corrected chi connectivity index (χ4v) is 7.63. The molecule has 4 atom stereocenters. The normalized spacial score (nSPS) is 19.2. The summed E-state index contributed by atoms with van der Waals surface area (Å²) in [5.74, 6) is 0. The Balaban J connectivity index is -0.000000221. The van der Waals surface area contributed by atoms with Gasteiger partial charge in [-0.2, -0.15) is 0 Å². The Hall–Kier alpha value is 1.48. The van der Waals surface area contributed by atoms with E-state index in [9.17, 15) is 38.3 Å². The predicted molar refractivity (Wildman–Crippen MR) is 112 cm³/mol. The van der Waals surface area contributed by atoms with Gasteiger partial charge in [-0.1, -0.05) is 20.8 Å². The Labute approximate surface area is 209 Å². The molecular formula is C12H35N2NaO13P4. The number of hydrogen-bond donors (Lipinski definition) is 10. The van der Waals surface area contributed by atoms with Gasteiger partial charge >= 0.3 is 44.7 Å². The molecule has 0 bridgehead atoms. The first-order valence-corrected chi connectivity index (χ1v) is 15.6. The van der Waals surface area contributed by atoms with Crippen LogP contribution in [0.2, 0.25) is 0 Å². The summed E-state index contributed by atoms with van der Waals surface area (Å²) in [4.78, 5) is 63.5. The van der Waals surface area contributed by atoms with E-state index >= 15 is 0 Å². The zero-order valence-electron chi connectivity index (χ0n) is 18.5. The number of nitrogens with two attached hydrogens (primary N) is 2. The molecule has 0 saturated carbocycles.